The van der Waals surface area contributed by atoms with Crippen molar-refractivity contribution in [3.05, 3.63) is 46.8 Å². The van der Waals surface area contributed by atoms with Gasteiger partial charge in [0.05, 0.1) is 41.8 Å². The number of aromatic nitrogens is 4. The molecule has 132 valence electrons. The van der Waals surface area contributed by atoms with E-state index < -0.39 is 11.0 Å². The van der Waals surface area contributed by atoms with Gasteiger partial charge in [-0.25, -0.2) is 4.98 Å². The van der Waals surface area contributed by atoms with Gasteiger partial charge in [0.1, 0.15) is 12.4 Å². The molecule has 1 unspecified atom stereocenters. The summed E-state index contributed by atoms with van der Waals surface area (Å²) in [5.74, 6) is 0.542. The molecule has 10 heteroatoms. The Bertz CT molecular complexity index is 874. The van der Waals surface area contributed by atoms with Gasteiger partial charge in [-0.2, -0.15) is 5.10 Å². The molecule has 1 atom stereocenters. The van der Waals surface area contributed by atoms with E-state index in [1.165, 1.54) is 10.9 Å². The second-order valence-electron chi connectivity index (χ2n) is 5.52. The van der Waals surface area contributed by atoms with Gasteiger partial charge in [-0.15, -0.1) is 0 Å². The minimum absolute atomic E-state index is 0.0390. The van der Waals surface area contributed by atoms with Crippen molar-refractivity contribution in [1.29, 1.82) is 0 Å². The van der Waals surface area contributed by atoms with Gasteiger partial charge in [0, 0.05) is 6.54 Å². The molecule has 25 heavy (non-hydrogen) atoms. The number of aliphatic hydroxyl groups is 2. The number of hydrogen-bond donors (Lipinski definition) is 3. The monoisotopic (exact) mass is 346 g/mol. The molecule has 0 aliphatic rings. The molecule has 0 radical (unpaired) electrons. The first-order chi connectivity index (χ1) is 12.1. The van der Waals surface area contributed by atoms with E-state index in [1.807, 2.05) is 28.8 Å². The quantitative estimate of drug-likeness (QED) is 0.402. The van der Waals surface area contributed by atoms with Crippen LogP contribution in [0, 0.1) is 10.1 Å². The zero-order valence-electron chi connectivity index (χ0n) is 13.3. The van der Waals surface area contributed by atoms with Gasteiger partial charge < -0.3 is 20.1 Å². The van der Waals surface area contributed by atoms with Crippen molar-refractivity contribution in [2.45, 2.75) is 19.2 Å². The number of nitro groups is 1. The van der Waals surface area contributed by atoms with Crippen LogP contribution in [0.2, 0.25) is 0 Å². The third kappa shape index (κ3) is 3.75. The van der Waals surface area contributed by atoms with E-state index in [0.717, 1.165) is 17.2 Å². The molecule has 0 bridgehead atoms. The predicted octanol–water partition coefficient (Wildman–Crippen LogP) is 0.606. The van der Waals surface area contributed by atoms with Crippen molar-refractivity contribution in [3.63, 3.8) is 0 Å². The van der Waals surface area contributed by atoms with Gasteiger partial charge in [-0.05, 0) is 12.1 Å². The molecule has 0 amide bonds. The van der Waals surface area contributed by atoms with Crippen molar-refractivity contribution < 1.29 is 15.1 Å². The number of para-hydroxylation sites is 2. The van der Waals surface area contributed by atoms with Crippen LogP contribution in [-0.4, -0.2) is 53.7 Å². The lowest BCUT2D eigenvalue weighted by Crippen LogP contribution is -2.23. The van der Waals surface area contributed by atoms with Crippen LogP contribution in [0.5, 0.6) is 0 Å². The Morgan fingerprint density at radius 3 is 2.84 bits per heavy atom. The SMILES string of the molecule is O=[N+]([O-])c1cnn(CC(O)Cn2c(NCCO)nc3ccccc32)c1. The molecule has 1 aromatic carbocycles. The lowest BCUT2D eigenvalue weighted by atomic mass is 10.3. The van der Waals surface area contributed by atoms with Crippen molar-refractivity contribution in [2.24, 2.45) is 0 Å². The highest BCUT2D eigenvalue weighted by atomic mass is 16.6. The van der Waals surface area contributed by atoms with Gasteiger partial charge in [0.25, 0.3) is 0 Å². The van der Waals surface area contributed by atoms with Crippen LogP contribution in [0.4, 0.5) is 11.6 Å². The first-order valence-electron chi connectivity index (χ1n) is 7.73. The van der Waals surface area contributed by atoms with E-state index in [0.29, 0.717) is 12.5 Å². The van der Waals surface area contributed by atoms with E-state index in [4.69, 9.17) is 5.11 Å². The highest BCUT2D eigenvalue weighted by Crippen LogP contribution is 2.20. The minimum atomic E-state index is -0.827. The fourth-order valence-corrected chi connectivity index (χ4v) is 2.59. The molecule has 0 saturated carbocycles. The van der Waals surface area contributed by atoms with Crippen LogP contribution in [0.25, 0.3) is 11.0 Å². The number of fused-ring (bicyclic) bond motifs is 1. The Morgan fingerprint density at radius 2 is 2.12 bits per heavy atom. The van der Waals surface area contributed by atoms with Crippen molar-refractivity contribution in [3.8, 4) is 0 Å². The zero-order chi connectivity index (χ0) is 17.8. The summed E-state index contributed by atoms with van der Waals surface area (Å²) in [6.07, 6.45) is 1.60. The Labute approximate surface area is 142 Å². The van der Waals surface area contributed by atoms with Gasteiger partial charge in [0.2, 0.25) is 5.95 Å². The summed E-state index contributed by atoms with van der Waals surface area (Å²) in [6.45, 7) is 0.634. The molecule has 2 heterocycles. The second-order valence-corrected chi connectivity index (χ2v) is 5.52. The van der Waals surface area contributed by atoms with Crippen LogP contribution in [0.3, 0.4) is 0 Å². The van der Waals surface area contributed by atoms with E-state index >= 15 is 0 Å². The maximum absolute atomic E-state index is 10.7. The molecule has 3 rings (SSSR count). The molecule has 10 nitrogen and oxygen atoms in total. The Hall–Kier alpha value is -2.98. The molecule has 0 fully saturated rings. The smallest absolute Gasteiger partial charge is 0.306 e. The van der Waals surface area contributed by atoms with Crippen LogP contribution in [0.1, 0.15) is 0 Å². The molecular formula is C15H18N6O4. The third-order valence-electron chi connectivity index (χ3n) is 3.67. The molecule has 3 N–H and O–H groups in total. The molecule has 2 aromatic heterocycles. The topological polar surface area (TPSA) is 131 Å². The normalized spacial score (nSPS) is 12.4. The number of anilines is 1. The maximum Gasteiger partial charge on any atom is 0.306 e. The number of aliphatic hydroxyl groups excluding tert-OH is 2. The lowest BCUT2D eigenvalue weighted by Gasteiger charge is -2.15. The highest BCUT2D eigenvalue weighted by molar-refractivity contribution is 5.78. The van der Waals surface area contributed by atoms with Crippen LogP contribution in [-0.2, 0) is 13.1 Å². The largest absolute Gasteiger partial charge is 0.395 e. The zero-order valence-corrected chi connectivity index (χ0v) is 13.3. The van der Waals surface area contributed by atoms with E-state index in [9.17, 15) is 15.2 Å². The van der Waals surface area contributed by atoms with E-state index in [1.54, 1.807) is 0 Å². The molecule has 0 aliphatic carbocycles. The van der Waals surface area contributed by atoms with Crippen LogP contribution in [0.15, 0.2) is 36.7 Å². The first kappa shape index (κ1) is 16.9. The fraction of sp³-hybridized carbons (Fsp3) is 0.333. The number of benzene rings is 1. The lowest BCUT2D eigenvalue weighted by molar-refractivity contribution is -0.385. The van der Waals surface area contributed by atoms with E-state index in [-0.39, 0.29) is 25.4 Å². The summed E-state index contributed by atoms with van der Waals surface area (Å²) < 4.78 is 3.15. The summed E-state index contributed by atoms with van der Waals surface area (Å²) in [7, 11) is 0. The van der Waals surface area contributed by atoms with Crippen LogP contribution < -0.4 is 5.32 Å². The second kappa shape index (κ2) is 7.28. The molecule has 0 spiro atoms. The summed E-state index contributed by atoms with van der Waals surface area (Å²) >= 11 is 0. The summed E-state index contributed by atoms with van der Waals surface area (Å²) in [6, 6.07) is 7.49. The van der Waals surface area contributed by atoms with Crippen molar-refractivity contribution in [1.82, 2.24) is 19.3 Å². The van der Waals surface area contributed by atoms with E-state index in [2.05, 4.69) is 15.4 Å². The van der Waals surface area contributed by atoms with Crippen molar-refractivity contribution >= 4 is 22.7 Å². The van der Waals surface area contributed by atoms with Gasteiger partial charge in [-0.1, -0.05) is 12.1 Å². The molecule has 0 saturated heterocycles. The number of nitrogens with one attached hydrogen (secondary N) is 1. The van der Waals surface area contributed by atoms with Crippen LogP contribution >= 0.6 is 0 Å². The average Bonchev–Trinajstić information content (AvgIpc) is 3.18. The highest BCUT2D eigenvalue weighted by Gasteiger charge is 2.16. The summed E-state index contributed by atoms with van der Waals surface area (Å²) in [5.41, 5.74) is 1.49. The number of imidazole rings is 1. The molecule has 3 aromatic rings. The minimum Gasteiger partial charge on any atom is -0.395 e. The maximum atomic E-state index is 10.7. The predicted molar refractivity (Wildman–Crippen MR) is 90.2 cm³/mol. The Kier molecular flexibility index (Phi) is 4.91. The molecular weight excluding hydrogens is 328 g/mol. The summed E-state index contributed by atoms with van der Waals surface area (Å²) in [5, 5.41) is 37.0. The number of rotatable bonds is 8. The van der Waals surface area contributed by atoms with Crippen molar-refractivity contribution in [2.75, 3.05) is 18.5 Å². The number of hydrogen-bond acceptors (Lipinski definition) is 7. The average molecular weight is 346 g/mol. The first-order valence-corrected chi connectivity index (χ1v) is 7.73. The van der Waals surface area contributed by atoms with Gasteiger partial charge >= 0.3 is 5.69 Å². The number of nitrogens with zero attached hydrogens (tertiary/aromatic N) is 5. The standard InChI is InChI=1S/C15H18N6O4/c22-6-5-16-15-18-13-3-1-2-4-14(13)20(15)10-12(23)9-19-8-11(7-17-19)21(24)25/h1-4,7-8,12,22-23H,5-6,9-10H2,(H,16,18). The Balaban J connectivity index is 1.79. The summed E-state index contributed by atoms with van der Waals surface area (Å²) in [4.78, 5) is 14.6. The molecule has 0 aliphatic heterocycles. The third-order valence-corrected chi connectivity index (χ3v) is 3.67. The fourth-order valence-electron chi connectivity index (χ4n) is 2.59. The van der Waals surface area contributed by atoms with Gasteiger partial charge in [-0.3, -0.25) is 14.8 Å². The van der Waals surface area contributed by atoms with Gasteiger partial charge in [0.15, 0.2) is 0 Å². The Morgan fingerprint density at radius 1 is 1.32 bits per heavy atom.